The van der Waals surface area contributed by atoms with Crippen molar-refractivity contribution in [3.8, 4) is 22.3 Å². The van der Waals surface area contributed by atoms with Gasteiger partial charge in [0.05, 0.1) is 0 Å². The third-order valence-corrected chi connectivity index (χ3v) is 3.71. The van der Waals surface area contributed by atoms with Crippen LogP contribution in [0.1, 0.15) is 0 Å². The largest absolute Gasteiger partial charge is 0.379 e. The van der Waals surface area contributed by atoms with Crippen LogP contribution in [0.3, 0.4) is 0 Å². The molecule has 0 aliphatic rings. The molecule has 0 aromatic heterocycles. The Labute approximate surface area is 224 Å². The first kappa shape index (κ1) is 23.5. The fourth-order valence-corrected chi connectivity index (χ4v) is 2.64. The Bertz CT molecular complexity index is 928. The summed E-state index contributed by atoms with van der Waals surface area (Å²) < 4.78 is 0. The van der Waals surface area contributed by atoms with E-state index >= 15 is 0 Å². The zero-order chi connectivity index (χ0) is 14.8. The minimum absolute atomic E-state index is 0. The second kappa shape index (κ2) is 11.3. The van der Waals surface area contributed by atoms with Gasteiger partial charge in [0.2, 0.25) is 0 Å². The molecule has 4 rings (SSSR count). The fraction of sp³-hybridized carbons (Fsp3) is 0. The molecule has 0 heterocycles. The quantitative estimate of drug-likeness (QED) is 0.299. The number of hydrogen-bond acceptors (Lipinski definition) is 0. The summed E-state index contributed by atoms with van der Waals surface area (Å²) in [6, 6.07) is 37.6. The van der Waals surface area contributed by atoms with Gasteiger partial charge in [-0.2, -0.15) is 17.0 Å². The molecule has 0 aliphatic heterocycles. The van der Waals surface area contributed by atoms with Crippen molar-refractivity contribution in [1.82, 2.24) is 0 Å². The van der Waals surface area contributed by atoms with E-state index in [4.69, 9.17) is 0 Å². The van der Waals surface area contributed by atoms with Gasteiger partial charge in [0, 0.05) is 98.1 Å². The van der Waals surface area contributed by atoms with Crippen LogP contribution in [0, 0.1) is 24.3 Å². The van der Waals surface area contributed by atoms with Gasteiger partial charge in [0.1, 0.15) is 0 Å². The van der Waals surface area contributed by atoms with Gasteiger partial charge in [-0.05, 0) is 0 Å². The first-order valence-electron chi connectivity index (χ1n) is 7.23. The second-order valence-corrected chi connectivity index (χ2v) is 5.11. The van der Waals surface area contributed by atoms with Gasteiger partial charge in [-0.3, -0.25) is 17.7 Å². The van der Waals surface area contributed by atoms with Crippen LogP contribution in [0.2, 0.25) is 0 Å². The van der Waals surface area contributed by atoms with Crippen molar-refractivity contribution in [3.63, 3.8) is 0 Å². The van der Waals surface area contributed by atoms with Gasteiger partial charge in [-0.25, -0.2) is 6.07 Å². The molecule has 0 atom stereocenters. The molecule has 0 saturated heterocycles. The van der Waals surface area contributed by atoms with Crippen LogP contribution in [-0.2, 0) is 98.1 Å². The minimum Gasteiger partial charge on any atom is -0.379 e. The van der Waals surface area contributed by atoms with Crippen LogP contribution in [-0.4, -0.2) is 0 Å². The molecule has 4 aromatic rings. The molecule has 3 heteroatoms. The summed E-state index contributed by atoms with van der Waals surface area (Å²) in [6.07, 6.45) is 0. The van der Waals surface area contributed by atoms with Crippen LogP contribution < -0.4 is 0 Å². The van der Waals surface area contributed by atoms with Gasteiger partial charge < -0.3 is 23.3 Å². The van der Waals surface area contributed by atoms with Crippen molar-refractivity contribution in [2.75, 3.05) is 0 Å². The van der Waals surface area contributed by atoms with E-state index in [2.05, 4.69) is 54.6 Å². The van der Waals surface area contributed by atoms with Crippen LogP contribution in [0.4, 0.5) is 0 Å². The summed E-state index contributed by atoms with van der Waals surface area (Å²) >= 11 is 0. The Morgan fingerprint density at radius 2 is 1.32 bits per heavy atom. The van der Waals surface area contributed by atoms with E-state index in [9.17, 15) is 0 Å². The van der Waals surface area contributed by atoms with Crippen LogP contribution in [0.25, 0.3) is 33.0 Å². The maximum atomic E-state index is 3.45. The molecule has 0 aliphatic carbocycles. The molecule has 4 aromatic carbocycles. The van der Waals surface area contributed by atoms with E-state index in [0.29, 0.717) is 0 Å². The Morgan fingerprint density at radius 3 is 2.12 bits per heavy atom. The second-order valence-electron chi connectivity index (χ2n) is 5.11. The molecule has 0 saturated carbocycles. The maximum Gasteiger partial charge on any atom is 0 e. The van der Waals surface area contributed by atoms with E-state index in [-0.39, 0.29) is 98.1 Å². The van der Waals surface area contributed by atoms with Gasteiger partial charge >= 0.3 is 0 Å². The van der Waals surface area contributed by atoms with E-state index in [1.54, 1.807) is 0 Å². The first-order chi connectivity index (χ1) is 10.9. The molecular weight excluding hydrogens is 531 g/mol. The summed E-state index contributed by atoms with van der Waals surface area (Å²) in [5.74, 6) is 0. The smallest absolute Gasteiger partial charge is 0 e. The van der Waals surface area contributed by atoms with Crippen LogP contribution in [0.5, 0.6) is 0 Å². The average Bonchev–Trinajstić information content (AvgIpc) is 2.62. The summed E-state index contributed by atoms with van der Waals surface area (Å²) in [7, 11) is 0. The van der Waals surface area contributed by atoms with Crippen molar-refractivity contribution < 1.29 is 98.1 Å². The Kier molecular flexibility index (Phi) is 10.6. The van der Waals surface area contributed by atoms with E-state index in [0.717, 1.165) is 22.3 Å². The number of rotatable bonds is 2. The van der Waals surface area contributed by atoms with Gasteiger partial charge in [-0.1, -0.05) is 18.2 Å². The number of hydrogen-bond donors (Lipinski definition) is 0. The van der Waals surface area contributed by atoms with Gasteiger partial charge in [0.15, 0.2) is 0 Å². The Balaban J connectivity index is 0.00000104. The van der Waals surface area contributed by atoms with E-state index in [1.807, 2.05) is 42.5 Å². The first-order valence-corrected chi connectivity index (χ1v) is 7.23. The fourth-order valence-electron chi connectivity index (χ4n) is 2.64. The zero-order valence-corrected chi connectivity index (χ0v) is 22.2. The molecule has 0 fully saturated rings. The molecule has 0 spiro atoms. The third-order valence-electron chi connectivity index (χ3n) is 3.71. The molecule has 0 unspecified atom stereocenters. The molecule has 0 N–H and O–H groups in total. The predicted octanol–water partition coefficient (Wildman–Crippen LogP) is 5.37. The SMILES string of the molecule is [Y].[Y].[Y].[c-]1ccc(-c2[c-]cccc2)[c-]c1-c1[c-]ccc2ccccc12. The van der Waals surface area contributed by atoms with Crippen LogP contribution >= 0.6 is 0 Å². The van der Waals surface area contributed by atoms with Crippen molar-refractivity contribution in [2.24, 2.45) is 0 Å². The molecule has 0 bridgehead atoms. The molecule has 113 valence electrons. The van der Waals surface area contributed by atoms with Crippen molar-refractivity contribution in [1.29, 1.82) is 0 Å². The van der Waals surface area contributed by atoms with Crippen molar-refractivity contribution in [3.05, 3.63) is 97.1 Å². The topological polar surface area (TPSA) is 0 Å². The average molecular weight is 543 g/mol. The van der Waals surface area contributed by atoms with E-state index < -0.39 is 0 Å². The Hall–Kier alpha value is 0.452. The summed E-state index contributed by atoms with van der Waals surface area (Å²) in [4.78, 5) is 0. The number of benzene rings is 4. The maximum absolute atomic E-state index is 3.45. The minimum atomic E-state index is 0. The van der Waals surface area contributed by atoms with Crippen molar-refractivity contribution in [2.45, 2.75) is 0 Å². The van der Waals surface area contributed by atoms with Crippen molar-refractivity contribution >= 4 is 10.8 Å². The zero-order valence-electron chi connectivity index (χ0n) is 13.7. The van der Waals surface area contributed by atoms with Gasteiger partial charge in [-0.15, -0.1) is 47.9 Å². The Morgan fingerprint density at radius 1 is 0.560 bits per heavy atom. The summed E-state index contributed by atoms with van der Waals surface area (Å²) in [5, 5.41) is 2.38. The standard InChI is InChI=1S/C22H12.3Y/c1-2-8-17(9-3-1)19-12-6-13-20(16-19)22-15-7-11-18-10-4-5-14-21(18)22;;;/h1-8,10-12,14H;;;/q-4;;;. The molecule has 25 heavy (non-hydrogen) atoms. The molecule has 0 amide bonds. The molecular formula is C22H12Y3-4. The monoisotopic (exact) mass is 543 g/mol. The summed E-state index contributed by atoms with van der Waals surface area (Å²) in [6.45, 7) is 0. The number of fused-ring (bicyclic) bond motifs is 1. The predicted molar refractivity (Wildman–Crippen MR) is 90.2 cm³/mol. The molecule has 0 nitrogen and oxygen atoms in total. The summed E-state index contributed by atoms with van der Waals surface area (Å²) in [5.41, 5.74) is 4.04. The van der Waals surface area contributed by atoms with Gasteiger partial charge in [0.25, 0.3) is 0 Å². The third kappa shape index (κ3) is 5.47. The van der Waals surface area contributed by atoms with Crippen LogP contribution in [0.15, 0.2) is 72.8 Å². The normalized spacial score (nSPS) is 9.44. The molecule has 3 radical (unpaired) electrons. The van der Waals surface area contributed by atoms with E-state index in [1.165, 1.54) is 10.8 Å².